The monoisotopic (exact) mass is 531 g/mol. The summed E-state index contributed by atoms with van der Waals surface area (Å²) in [6.45, 7) is 2.16. The van der Waals surface area contributed by atoms with Gasteiger partial charge in [-0.15, -0.1) is 0 Å². The zero-order valence-electron chi connectivity index (χ0n) is 17.9. The summed E-state index contributed by atoms with van der Waals surface area (Å²) in [4.78, 5) is 43.2. The van der Waals surface area contributed by atoms with E-state index in [-0.39, 0.29) is 28.9 Å². The van der Waals surface area contributed by atoms with Crippen molar-refractivity contribution in [3.05, 3.63) is 57.4 Å². The maximum absolute atomic E-state index is 12.8. The van der Waals surface area contributed by atoms with Gasteiger partial charge >= 0.3 is 0 Å². The molecule has 2 heterocycles. The molecule has 2 aromatic carbocycles. The highest BCUT2D eigenvalue weighted by molar-refractivity contribution is 9.10. The standard InChI is InChI=1S/C23H22BrN3O5S/c1-32-18-12-15(11-17(24)21(18)29)13-19-22(30)27(23(31)33-19)14-20(28)26-9-7-25(8-10-26)16-5-3-2-4-6-16/h2-6,11-13,29H,7-10,14H2,1H3/b19-13+. The molecule has 2 saturated heterocycles. The first-order valence-corrected chi connectivity index (χ1v) is 11.9. The Bertz CT molecular complexity index is 1120. The molecule has 10 heteroatoms. The number of carbonyl (C=O) groups excluding carboxylic acids is 3. The lowest BCUT2D eigenvalue weighted by atomic mass is 10.2. The minimum Gasteiger partial charge on any atom is -0.503 e. The highest BCUT2D eigenvalue weighted by atomic mass is 79.9. The molecule has 8 nitrogen and oxygen atoms in total. The van der Waals surface area contributed by atoms with Crippen LogP contribution < -0.4 is 9.64 Å². The van der Waals surface area contributed by atoms with Crippen LogP contribution in [-0.2, 0) is 9.59 Å². The van der Waals surface area contributed by atoms with Crippen LogP contribution >= 0.6 is 27.7 Å². The average molecular weight is 532 g/mol. The van der Waals surface area contributed by atoms with E-state index in [1.807, 2.05) is 30.3 Å². The number of halogens is 1. The van der Waals surface area contributed by atoms with E-state index in [1.165, 1.54) is 7.11 Å². The fourth-order valence-electron chi connectivity index (χ4n) is 3.71. The topological polar surface area (TPSA) is 90.4 Å². The number of thioether (sulfide) groups is 1. The Balaban J connectivity index is 1.40. The lowest BCUT2D eigenvalue weighted by molar-refractivity contribution is -0.136. The average Bonchev–Trinajstić information content (AvgIpc) is 3.09. The van der Waals surface area contributed by atoms with Crippen molar-refractivity contribution < 1.29 is 24.2 Å². The summed E-state index contributed by atoms with van der Waals surface area (Å²) in [6, 6.07) is 13.2. The van der Waals surface area contributed by atoms with Crippen molar-refractivity contribution >= 4 is 56.5 Å². The van der Waals surface area contributed by atoms with Crippen molar-refractivity contribution in [3.8, 4) is 11.5 Å². The summed E-state index contributed by atoms with van der Waals surface area (Å²) in [5.74, 6) is -0.579. The van der Waals surface area contributed by atoms with Crippen LogP contribution in [-0.4, -0.2) is 71.8 Å². The van der Waals surface area contributed by atoms with Crippen LogP contribution in [0.15, 0.2) is 51.8 Å². The minimum atomic E-state index is -0.510. The van der Waals surface area contributed by atoms with Crippen LogP contribution in [0.4, 0.5) is 10.5 Å². The molecule has 2 aliphatic heterocycles. The predicted octanol–water partition coefficient (Wildman–Crippen LogP) is 3.55. The number of hydrogen-bond acceptors (Lipinski definition) is 7. The lowest BCUT2D eigenvalue weighted by Crippen LogP contribution is -2.51. The Kier molecular flexibility index (Phi) is 6.94. The zero-order valence-corrected chi connectivity index (χ0v) is 20.3. The van der Waals surface area contributed by atoms with Crippen LogP contribution in [0.1, 0.15) is 5.56 Å². The van der Waals surface area contributed by atoms with Crippen LogP contribution in [0, 0.1) is 0 Å². The number of hydrogen-bond donors (Lipinski definition) is 1. The number of piperazine rings is 1. The van der Waals surface area contributed by atoms with Gasteiger partial charge in [0.25, 0.3) is 11.1 Å². The van der Waals surface area contributed by atoms with Crippen molar-refractivity contribution in [2.75, 3.05) is 44.7 Å². The molecule has 33 heavy (non-hydrogen) atoms. The minimum absolute atomic E-state index is 0.0549. The number of amides is 3. The second-order valence-electron chi connectivity index (χ2n) is 7.52. The number of phenolic OH excluding ortho intramolecular Hbond substituents is 1. The van der Waals surface area contributed by atoms with Gasteiger partial charge in [0.05, 0.1) is 16.5 Å². The first-order chi connectivity index (χ1) is 15.9. The summed E-state index contributed by atoms with van der Waals surface area (Å²) in [7, 11) is 1.42. The van der Waals surface area contributed by atoms with Crippen LogP contribution in [0.2, 0.25) is 0 Å². The predicted molar refractivity (Wildman–Crippen MR) is 130 cm³/mol. The Morgan fingerprint density at radius 1 is 1.15 bits per heavy atom. The molecule has 3 amide bonds. The number of benzene rings is 2. The van der Waals surface area contributed by atoms with Crippen molar-refractivity contribution in [2.45, 2.75) is 0 Å². The molecule has 0 aliphatic carbocycles. The fraction of sp³-hybridized carbons (Fsp3) is 0.261. The smallest absolute Gasteiger partial charge is 0.294 e. The Morgan fingerprint density at radius 3 is 2.52 bits per heavy atom. The molecule has 0 bridgehead atoms. The Hall–Kier alpha value is -2.98. The molecule has 2 aliphatic rings. The number of rotatable bonds is 5. The number of ether oxygens (including phenoxy) is 1. The van der Waals surface area contributed by atoms with Gasteiger partial charge in [-0.25, -0.2) is 0 Å². The molecule has 2 fully saturated rings. The van der Waals surface area contributed by atoms with Crippen LogP contribution in [0.25, 0.3) is 6.08 Å². The van der Waals surface area contributed by atoms with Gasteiger partial charge in [-0.1, -0.05) is 18.2 Å². The van der Waals surface area contributed by atoms with E-state index in [1.54, 1.807) is 23.1 Å². The van der Waals surface area contributed by atoms with Gasteiger partial charge in [-0.05, 0) is 63.6 Å². The molecule has 2 aromatic rings. The van der Waals surface area contributed by atoms with Gasteiger partial charge in [0.1, 0.15) is 6.54 Å². The first-order valence-electron chi connectivity index (χ1n) is 10.3. The number of phenols is 1. The molecule has 0 saturated carbocycles. The summed E-state index contributed by atoms with van der Waals surface area (Å²) >= 11 is 4.03. The molecule has 4 rings (SSSR count). The quantitative estimate of drug-likeness (QED) is 0.590. The normalized spacial score (nSPS) is 17.8. The van der Waals surface area contributed by atoms with E-state index >= 15 is 0 Å². The maximum atomic E-state index is 12.8. The molecule has 1 N–H and O–H groups in total. The van der Waals surface area contributed by atoms with Gasteiger partial charge in [0.2, 0.25) is 5.91 Å². The van der Waals surface area contributed by atoms with Gasteiger partial charge in [0.15, 0.2) is 11.5 Å². The maximum Gasteiger partial charge on any atom is 0.294 e. The van der Waals surface area contributed by atoms with Gasteiger partial charge < -0.3 is 19.6 Å². The second kappa shape index (κ2) is 9.88. The third-order valence-corrected chi connectivity index (χ3v) is 7.00. The zero-order chi connectivity index (χ0) is 23.5. The van der Waals surface area contributed by atoms with Crippen LogP contribution in [0.3, 0.4) is 0 Å². The summed E-state index contributed by atoms with van der Waals surface area (Å²) in [6.07, 6.45) is 1.54. The van der Waals surface area contributed by atoms with E-state index in [2.05, 4.69) is 20.8 Å². The van der Waals surface area contributed by atoms with Gasteiger partial charge in [-0.3, -0.25) is 19.3 Å². The van der Waals surface area contributed by atoms with Crippen LogP contribution in [0.5, 0.6) is 11.5 Å². The molecule has 172 valence electrons. The number of aromatic hydroxyl groups is 1. The number of carbonyl (C=O) groups is 3. The highest BCUT2D eigenvalue weighted by Crippen LogP contribution is 2.38. The van der Waals surface area contributed by atoms with Crippen molar-refractivity contribution in [1.29, 1.82) is 0 Å². The number of nitrogens with zero attached hydrogens (tertiary/aromatic N) is 3. The number of para-hydroxylation sites is 1. The Morgan fingerprint density at radius 2 is 1.85 bits per heavy atom. The Labute approximate surface area is 203 Å². The van der Waals surface area contributed by atoms with Crippen molar-refractivity contribution in [1.82, 2.24) is 9.80 Å². The fourth-order valence-corrected chi connectivity index (χ4v) is 5.01. The largest absolute Gasteiger partial charge is 0.503 e. The molecule has 0 unspecified atom stereocenters. The third-order valence-electron chi connectivity index (χ3n) is 5.49. The molecular formula is C23H22BrN3O5S. The highest BCUT2D eigenvalue weighted by Gasteiger charge is 2.37. The number of methoxy groups -OCH3 is 1. The van der Waals surface area contributed by atoms with E-state index in [0.717, 1.165) is 22.3 Å². The number of imide groups is 1. The second-order valence-corrected chi connectivity index (χ2v) is 9.37. The lowest BCUT2D eigenvalue weighted by Gasteiger charge is -2.36. The third kappa shape index (κ3) is 5.01. The summed E-state index contributed by atoms with van der Waals surface area (Å²) < 4.78 is 5.52. The van der Waals surface area contributed by atoms with E-state index < -0.39 is 11.1 Å². The molecule has 0 atom stereocenters. The summed E-state index contributed by atoms with van der Waals surface area (Å²) in [5, 5.41) is 9.47. The molecule has 0 spiro atoms. The SMILES string of the molecule is COc1cc(/C=C2/SC(=O)N(CC(=O)N3CCN(c4ccccc4)CC3)C2=O)cc(Br)c1O. The van der Waals surface area contributed by atoms with E-state index in [9.17, 15) is 19.5 Å². The number of anilines is 1. The van der Waals surface area contributed by atoms with Crippen molar-refractivity contribution in [3.63, 3.8) is 0 Å². The molecular weight excluding hydrogens is 510 g/mol. The van der Waals surface area contributed by atoms with Gasteiger partial charge in [-0.2, -0.15) is 0 Å². The van der Waals surface area contributed by atoms with Gasteiger partial charge in [0, 0.05) is 31.9 Å². The molecule has 0 aromatic heterocycles. The molecule has 0 radical (unpaired) electrons. The van der Waals surface area contributed by atoms with E-state index in [0.29, 0.717) is 36.2 Å². The van der Waals surface area contributed by atoms with E-state index in [4.69, 9.17) is 4.74 Å². The van der Waals surface area contributed by atoms with Crippen molar-refractivity contribution in [2.24, 2.45) is 0 Å². The summed E-state index contributed by atoms with van der Waals surface area (Å²) in [5.41, 5.74) is 1.68. The first kappa shape index (κ1) is 23.2.